The van der Waals surface area contributed by atoms with Gasteiger partial charge >= 0.3 is 5.97 Å². The van der Waals surface area contributed by atoms with Crippen LogP contribution < -0.4 is 5.32 Å². The van der Waals surface area contributed by atoms with E-state index in [1.54, 1.807) is 4.90 Å². The van der Waals surface area contributed by atoms with Crippen LogP contribution in [0.15, 0.2) is 0 Å². The van der Waals surface area contributed by atoms with E-state index in [-0.39, 0.29) is 24.2 Å². The first-order valence-corrected chi connectivity index (χ1v) is 7.00. The van der Waals surface area contributed by atoms with Crippen LogP contribution in [0.5, 0.6) is 0 Å². The number of hydrogen-bond acceptors (Lipinski definition) is 3. The van der Waals surface area contributed by atoms with Crippen LogP contribution in [0.1, 0.15) is 46.5 Å². The number of nitrogens with zero attached hydrogens (tertiary/aromatic N) is 1. The zero-order chi connectivity index (χ0) is 15.3. The van der Waals surface area contributed by atoms with Crippen molar-refractivity contribution in [2.75, 3.05) is 13.1 Å². The van der Waals surface area contributed by atoms with Crippen LogP contribution in [0, 0.1) is 5.92 Å². The lowest BCUT2D eigenvalue weighted by Crippen LogP contribution is -2.50. The number of nitrogens with one attached hydrogen (secondary N) is 1. The summed E-state index contributed by atoms with van der Waals surface area (Å²) < 4.78 is 0. The van der Waals surface area contributed by atoms with Gasteiger partial charge in [0.2, 0.25) is 11.8 Å². The average Bonchev–Trinajstić information content (AvgIpc) is 2.36. The van der Waals surface area contributed by atoms with Gasteiger partial charge in [-0.1, -0.05) is 0 Å². The Morgan fingerprint density at radius 2 is 2.00 bits per heavy atom. The van der Waals surface area contributed by atoms with Crippen molar-refractivity contribution in [3.05, 3.63) is 0 Å². The van der Waals surface area contributed by atoms with Crippen molar-refractivity contribution in [3.63, 3.8) is 0 Å². The molecule has 0 bridgehead atoms. The van der Waals surface area contributed by atoms with E-state index in [0.29, 0.717) is 19.5 Å². The van der Waals surface area contributed by atoms with Gasteiger partial charge in [-0.15, -0.1) is 0 Å². The van der Waals surface area contributed by atoms with Gasteiger partial charge in [-0.25, -0.2) is 0 Å². The van der Waals surface area contributed by atoms with Gasteiger partial charge in [0.05, 0.1) is 5.92 Å². The lowest BCUT2D eigenvalue weighted by Gasteiger charge is -2.34. The van der Waals surface area contributed by atoms with E-state index < -0.39 is 11.5 Å². The van der Waals surface area contributed by atoms with E-state index in [1.807, 2.05) is 13.8 Å². The average molecular weight is 284 g/mol. The molecule has 0 aromatic carbocycles. The highest BCUT2D eigenvalue weighted by Gasteiger charge is 2.30. The summed E-state index contributed by atoms with van der Waals surface area (Å²) in [5, 5.41) is 11.6. The monoisotopic (exact) mass is 284 g/mol. The van der Waals surface area contributed by atoms with Crippen molar-refractivity contribution < 1.29 is 19.5 Å². The molecule has 114 valence electrons. The minimum Gasteiger partial charge on any atom is -0.481 e. The number of carbonyl (C=O) groups is 3. The van der Waals surface area contributed by atoms with Crippen LogP contribution in [-0.4, -0.2) is 46.4 Å². The molecule has 1 rings (SSSR count). The molecule has 6 nitrogen and oxygen atoms in total. The maximum absolute atomic E-state index is 12.2. The number of likely N-dealkylation sites (tertiary alicyclic amines) is 1. The Hall–Kier alpha value is -1.59. The molecule has 0 aromatic rings. The number of rotatable bonds is 5. The molecule has 1 aliphatic rings. The molecule has 0 unspecified atom stereocenters. The second-order valence-electron chi connectivity index (χ2n) is 6.07. The van der Waals surface area contributed by atoms with Gasteiger partial charge in [0.15, 0.2) is 0 Å². The number of amides is 2. The van der Waals surface area contributed by atoms with E-state index in [2.05, 4.69) is 5.32 Å². The Bertz CT molecular complexity index is 393. The molecule has 0 aliphatic carbocycles. The minimum atomic E-state index is -0.868. The topological polar surface area (TPSA) is 86.7 Å². The van der Waals surface area contributed by atoms with Crippen LogP contribution in [0.25, 0.3) is 0 Å². The maximum atomic E-state index is 12.2. The fraction of sp³-hybridized carbons (Fsp3) is 0.786. The normalized spacial score (nSPS) is 19.6. The van der Waals surface area contributed by atoms with Gasteiger partial charge < -0.3 is 15.3 Å². The predicted octanol–water partition coefficient (Wildman–Crippen LogP) is 1.00. The number of piperidine rings is 1. The summed E-state index contributed by atoms with van der Waals surface area (Å²) in [6.07, 6.45) is 2.01. The summed E-state index contributed by atoms with van der Waals surface area (Å²) in [7, 11) is 0. The first kappa shape index (κ1) is 16.5. The molecule has 1 saturated heterocycles. The number of carbonyl (C=O) groups excluding carboxylic acids is 2. The van der Waals surface area contributed by atoms with E-state index in [0.717, 1.165) is 12.8 Å². The lowest BCUT2D eigenvalue weighted by atomic mass is 9.93. The van der Waals surface area contributed by atoms with Gasteiger partial charge in [-0.05, 0) is 33.1 Å². The largest absolute Gasteiger partial charge is 0.481 e. The molecule has 2 amide bonds. The van der Waals surface area contributed by atoms with Gasteiger partial charge in [0.25, 0.3) is 0 Å². The van der Waals surface area contributed by atoms with Gasteiger partial charge in [-0.3, -0.25) is 14.4 Å². The van der Waals surface area contributed by atoms with Crippen molar-refractivity contribution >= 4 is 17.8 Å². The molecule has 1 atom stereocenters. The van der Waals surface area contributed by atoms with Crippen molar-refractivity contribution in [2.24, 2.45) is 5.92 Å². The van der Waals surface area contributed by atoms with E-state index >= 15 is 0 Å². The van der Waals surface area contributed by atoms with Crippen LogP contribution in [-0.2, 0) is 14.4 Å². The smallest absolute Gasteiger partial charge is 0.303 e. The first-order chi connectivity index (χ1) is 9.21. The number of aliphatic carboxylic acids is 1. The standard InChI is InChI=1S/C14H24N2O4/c1-10(17)16-8-4-5-11(9-16)13(20)15-14(2,3)7-6-12(18)19/h11H,4-9H2,1-3H3,(H,15,20)(H,18,19)/t11-/m1/s1. The molecular formula is C14H24N2O4. The van der Waals surface area contributed by atoms with E-state index in [1.165, 1.54) is 6.92 Å². The number of hydrogen-bond donors (Lipinski definition) is 2. The van der Waals surface area contributed by atoms with Crippen LogP contribution in [0.3, 0.4) is 0 Å². The van der Waals surface area contributed by atoms with Gasteiger partial charge in [0, 0.05) is 32.0 Å². The molecule has 0 spiro atoms. The quantitative estimate of drug-likeness (QED) is 0.788. The van der Waals surface area contributed by atoms with Gasteiger partial charge in [0.1, 0.15) is 0 Å². The number of carboxylic acids is 1. The Labute approximate surface area is 119 Å². The molecule has 1 heterocycles. The third kappa shape index (κ3) is 5.19. The zero-order valence-corrected chi connectivity index (χ0v) is 12.4. The molecule has 0 radical (unpaired) electrons. The summed E-state index contributed by atoms with van der Waals surface area (Å²) in [5.74, 6) is -1.16. The highest BCUT2D eigenvalue weighted by Crippen LogP contribution is 2.19. The fourth-order valence-corrected chi connectivity index (χ4v) is 2.39. The third-order valence-corrected chi connectivity index (χ3v) is 3.66. The summed E-state index contributed by atoms with van der Waals surface area (Å²) in [6, 6.07) is 0. The predicted molar refractivity (Wildman–Crippen MR) is 74.1 cm³/mol. The van der Waals surface area contributed by atoms with Crippen LogP contribution in [0.4, 0.5) is 0 Å². The minimum absolute atomic E-state index is 0.00682. The third-order valence-electron chi connectivity index (χ3n) is 3.66. The second-order valence-corrected chi connectivity index (χ2v) is 6.07. The van der Waals surface area contributed by atoms with Gasteiger partial charge in [-0.2, -0.15) is 0 Å². The molecule has 6 heteroatoms. The van der Waals surface area contributed by atoms with Crippen molar-refractivity contribution in [1.29, 1.82) is 0 Å². The summed E-state index contributed by atoms with van der Waals surface area (Å²) in [5.41, 5.74) is -0.548. The molecular weight excluding hydrogens is 260 g/mol. The van der Waals surface area contributed by atoms with Crippen molar-refractivity contribution in [2.45, 2.75) is 52.0 Å². The Balaban J connectivity index is 2.52. The Morgan fingerprint density at radius 1 is 1.35 bits per heavy atom. The summed E-state index contributed by atoms with van der Waals surface area (Å²) in [6.45, 7) is 6.31. The first-order valence-electron chi connectivity index (χ1n) is 7.00. The molecule has 20 heavy (non-hydrogen) atoms. The molecule has 2 N–H and O–H groups in total. The highest BCUT2D eigenvalue weighted by atomic mass is 16.4. The fourth-order valence-electron chi connectivity index (χ4n) is 2.39. The summed E-state index contributed by atoms with van der Waals surface area (Å²) in [4.78, 5) is 35.9. The second kappa shape index (κ2) is 6.72. The SMILES string of the molecule is CC(=O)N1CCC[C@@H](C(=O)NC(C)(C)CCC(=O)O)C1. The molecule has 1 aliphatic heterocycles. The number of carboxylic acid groups (broad SMARTS) is 1. The van der Waals surface area contributed by atoms with Crippen molar-refractivity contribution in [1.82, 2.24) is 10.2 Å². The molecule has 0 saturated carbocycles. The maximum Gasteiger partial charge on any atom is 0.303 e. The van der Waals surface area contributed by atoms with Crippen LogP contribution in [0.2, 0.25) is 0 Å². The zero-order valence-electron chi connectivity index (χ0n) is 12.4. The van der Waals surface area contributed by atoms with Crippen LogP contribution >= 0.6 is 0 Å². The van der Waals surface area contributed by atoms with Crippen molar-refractivity contribution in [3.8, 4) is 0 Å². The van der Waals surface area contributed by atoms with E-state index in [9.17, 15) is 14.4 Å². The Kier molecular flexibility index (Phi) is 5.53. The van der Waals surface area contributed by atoms with E-state index in [4.69, 9.17) is 5.11 Å². The Morgan fingerprint density at radius 3 is 2.55 bits per heavy atom. The summed E-state index contributed by atoms with van der Waals surface area (Å²) >= 11 is 0. The molecule has 0 aromatic heterocycles. The molecule has 1 fully saturated rings. The lowest BCUT2D eigenvalue weighted by molar-refractivity contribution is -0.139. The highest BCUT2D eigenvalue weighted by molar-refractivity contribution is 5.81.